The Morgan fingerprint density at radius 3 is 2.72 bits per heavy atom. The zero-order valence-corrected chi connectivity index (χ0v) is 10.9. The largest absolute Gasteiger partial charge is 0.319 e. The highest BCUT2D eigenvalue weighted by molar-refractivity contribution is 5.78. The zero-order valence-electron chi connectivity index (χ0n) is 10.9. The Kier molecular flexibility index (Phi) is 3.28. The molecule has 1 N–H and O–H groups in total. The molecule has 0 spiro atoms. The maximum Gasteiger partial charge on any atom is 0.0705 e. The molecule has 1 aliphatic carbocycles. The van der Waals surface area contributed by atoms with E-state index in [-0.39, 0.29) is 0 Å². The summed E-state index contributed by atoms with van der Waals surface area (Å²) in [7, 11) is 2.05. The van der Waals surface area contributed by atoms with Crippen LogP contribution in [0, 0.1) is 11.8 Å². The van der Waals surface area contributed by atoms with Crippen LogP contribution in [0.4, 0.5) is 0 Å². The van der Waals surface area contributed by atoms with Gasteiger partial charge in [-0.25, -0.2) is 0 Å². The normalized spacial score (nSPS) is 22.9. The Balaban J connectivity index is 1.75. The monoisotopic (exact) mass is 240 g/mol. The molecular formula is C16H20N2. The molecule has 1 aromatic carbocycles. The van der Waals surface area contributed by atoms with E-state index in [9.17, 15) is 0 Å². The van der Waals surface area contributed by atoms with E-state index in [1.165, 1.54) is 23.9 Å². The second-order valence-corrected chi connectivity index (χ2v) is 5.35. The molecule has 1 aromatic heterocycles. The molecule has 1 saturated carbocycles. The Labute approximate surface area is 108 Å². The van der Waals surface area contributed by atoms with Crippen LogP contribution in [-0.2, 0) is 6.42 Å². The van der Waals surface area contributed by atoms with Crippen molar-refractivity contribution in [1.29, 1.82) is 0 Å². The molecule has 2 nitrogen and oxygen atoms in total. The zero-order chi connectivity index (χ0) is 12.4. The molecule has 0 bridgehead atoms. The summed E-state index contributed by atoms with van der Waals surface area (Å²) in [5.74, 6) is 1.68. The lowest BCUT2D eigenvalue weighted by Gasteiger charge is -2.36. The van der Waals surface area contributed by atoms with Crippen molar-refractivity contribution in [1.82, 2.24) is 10.3 Å². The third-order valence-electron chi connectivity index (χ3n) is 4.17. The summed E-state index contributed by atoms with van der Waals surface area (Å²) in [6.07, 6.45) is 3.87. The van der Waals surface area contributed by atoms with Crippen LogP contribution < -0.4 is 5.32 Å². The van der Waals surface area contributed by atoms with E-state index >= 15 is 0 Å². The highest BCUT2D eigenvalue weighted by atomic mass is 14.8. The standard InChI is InChI=1S/C16H20N2/c1-17-11-14-7-6-13(14)10-15-9-8-12-4-2-3-5-16(12)18-15/h2-5,8-9,13-14,17H,6-7,10-11H2,1H3. The first-order chi connectivity index (χ1) is 8.86. The van der Waals surface area contributed by atoms with Crippen molar-refractivity contribution in [3.63, 3.8) is 0 Å². The van der Waals surface area contributed by atoms with Crippen LogP contribution >= 0.6 is 0 Å². The van der Waals surface area contributed by atoms with E-state index in [1.54, 1.807) is 0 Å². The quantitative estimate of drug-likeness (QED) is 0.888. The molecule has 0 aliphatic heterocycles. The van der Waals surface area contributed by atoms with Gasteiger partial charge in [-0.2, -0.15) is 0 Å². The van der Waals surface area contributed by atoms with Crippen LogP contribution in [0.2, 0.25) is 0 Å². The number of aromatic nitrogens is 1. The molecule has 2 unspecified atom stereocenters. The fourth-order valence-electron chi connectivity index (χ4n) is 2.93. The molecule has 2 heteroatoms. The summed E-state index contributed by atoms with van der Waals surface area (Å²) < 4.78 is 0. The van der Waals surface area contributed by atoms with Crippen LogP contribution in [0.1, 0.15) is 18.5 Å². The second kappa shape index (κ2) is 5.07. The minimum absolute atomic E-state index is 0.825. The van der Waals surface area contributed by atoms with Gasteiger partial charge in [-0.3, -0.25) is 4.98 Å². The summed E-state index contributed by atoms with van der Waals surface area (Å²) in [5.41, 5.74) is 2.37. The van der Waals surface area contributed by atoms with Crippen molar-refractivity contribution >= 4 is 10.9 Å². The highest BCUT2D eigenvalue weighted by Crippen LogP contribution is 2.36. The van der Waals surface area contributed by atoms with Gasteiger partial charge in [0.15, 0.2) is 0 Å². The van der Waals surface area contributed by atoms with Crippen molar-refractivity contribution in [2.24, 2.45) is 11.8 Å². The average molecular weight is 240 g/mol. The van der Waals surface area contributed by atoms with Gasteiger partial charge in [0.25, 0.3) is 0 Å². The first-order valence-corrected chi connectivity index (χ1v) is 6.86. The molecule has 0 saturated heterocycles. The number of pyridine rings is 1. The molecule has 2 atom stereocenters. The molecule has 18 heavy (non-hydrogen) atoms. The molecule has 1 aliphatic rings. The number of fused-ring (bicyclic) bond motifs is 1. The number of nitrogens with one attached hydrogen (secondary N) is 1. The molecule has 1 heterocycles. The summed E-state index contributed by atoms with van der Waals surface area (Å²) in [6.45, 7) is 1.15. The number of rotatable bonds is 4. The Morgan fingerprint density at radius 1 is 1.11 bits per heavy atom. The van der Waals surface area contributed by atoms with Crippen LogP contribution in [0.25, 0.3) is 10.9 Å². The molecule has 94 valence electrons. The van der Waals surface area contributed by atoms with Crippen molar-refractivity contribution in [2.45, 2.75) is 19.3 Å². The number of para-hydroxylation sites is 1. The van der Waals surface area contributed by atoms with Gasteiger partial charge in [-0.15, -0.1) is 0 Å². The van der Waals surface area contributed by atoms with E-state index in [0.717, 1.165) is 30.3 Å². The van der Waals surface area contributed by atoms with Crippen molar-refractivity contribution < 1.29 is 0 Å². The first kappa shape index (κ1) is 11.7. The van der Waals surface area contributed by atoms with E-state index in [1.807, 2.05) is 7.05 Å². The minimum Gasteiger partial charge on any atom is -0.319 e. The maximum absolute atomic E-state index is 4.77. The SMILES string of the molecule is CNCC1CCC1Cc1ccc2ccccc2n1. The number of nitrogens with zero attached hydrogens (tertiary/aromatic N) is 1. The van der Waals surface area contributed by atoms with E-state index < -0.39 is 0 Å². The number of hydrogen-bond donors (Lipinski definition) is 1. The fraction of sp³-hybridized carbons (Fsp3) is 0.438. The van der Waals surface area contributed by atoms with Crippen LogP contribution in [0.5, 0.6) is 0 Å². The third kappa shape index (κ3) is 2.25. The second-order valence-electron chi connectivity index (χ2n) is 5.35. The topological polar surface area (TPSA) is 24.9 Å². The predicted octanol–water partition coefficient (Wildman–Crippen LogP) is 3.02. The summed E-state index contributed by atoms with van der Waals surface area (Å²) in [6, 6.07) is 12.7. The van der Waals surface area contributed by atoms with Crippen LogP contribution in [0.3, 0.4) is 0 Å². The van der Waals surface area contributed by atoms with Gasteiger partial charge < -0.3 is 5.32 Å². The lowest BCUT2D eigenvalue weighted by Crippen LogP contribution is -2.35. The molecule has 1 fully saturated rings. The minimum atomic E-state index is 0.825. The smallest absolute Gasteiger partial charge is 0.0705 e. The van der Waals surface area contributed by atoms with E-state index in [2.05, 4.69) is 41.7 Å². The van der Waals surface area contributed by atoms with Gasteiger partial charge in [0.2, 0.25) is 0 Å². The Morgan fingerprint density at radius 2 is 1.94 bits per heavy atom. The number of hydrogen-bond acceptors (Lipinski definition) is 2. The van der Waals surface area contributed by atoms with Gasteiger partial charge in [-0.05, 0) is 56.8 Å². The van der Waals surface area contributed by atoms with Gasteiger partial charge in [0, 0.05) is 11.1 Å². The van der Waals surface area contributed by atoms with E-state index in [4.69, 9.17) is 4.98 Å². The Hall–Kier alpha value is -1.41. The lowest BCUT2D eigenvalue weighted by molar-refractivity contribution is 0.173. The maximum atomic E-state index is 4.77. The van der Waals surface area contributed by atoms with Crippen molar-refractivity contribution in [2.75, 3.05) is 13.6 Å². The van der Waals surface area contributed by atoms with Crippen molar-refractivity contribution in [3.8, 4) is 0 Å². The average Bonchev–Trinajstić information content (AvgIpc) is 2.41. The molecule has 3 rings (SSSR count). The molecule has 0 amide bonds. The highest BCUT2D eigenvalue weighted by Gasteiger charge is 2.30. The van der Waals surface area contributed by atoms with Gasteiger partial charge in [-0.1, -0.05) is 24.3 Å². The van der Waals surface area contributed by atoms with Gasteiger partial charge >= 0.3 is 0 Å². The molecule has 0 radical (unpaired) electrons. The fourth-order valence-corrected chi connectivity index (χ4v) is 2.93. The first-order valence-electron chi connectivity index (χ1n) is 6.86. The number of benzene rings is 1. The van der Waals surface area contributed by atoms with Gasteiger partial charge in [0.1, 0.15) is 0 Å². The van der Waals surface area contributed by atoms with E-state index in [0.29, 0.717) is 0 Å². The third-order valence-corrected chi connectivity index (χ3v) is 4.17. The lowest BCUT2D eigenvalue weighted by atomic mass is 9.71. The summed E-state index contributed by atoms with van der Waals surface area (Å²) >= 11 is 0. The molecule has 2 aromatic rings. The summed E-state index contributed by atoms with van der Waals surface area (Å²) in [5, 5.41) is 4.53. The van der Waals surface area contributed by atoms with Crippen molar-refractivity contribution in [3.05, 3.63) is 42.1 Å². The van der Waals surface area contributed by atoms with Crippen LogP contribution in [0.15, 0.2) is 36.4 Å². The van der Waals surface area contributed by atoms with Gasteiger partial charge in [0.05, 0.1) is 5.52 Å². The summed E-state index contributed by atoms with van der Waals surface area (Å²) in [4.78, 5) is 4.77. The predicted molar refractivity (Wildman–Crippen MR) is 75.6 cm³/mol. The Bertz CT molecular complexity index is 535. The van der Waals surface area contributed by atoms with Crippen LogP contribution in [-0.4, -0.2) is 18.6 Å². The molecular weight excluding hydrogens is 220 g/mol.